The normalized spacial score (nSPS) is 10.6. The zero-order valence-electron chi connectivity index (χ0n) is 19.6. The minimum absolute atomic E-state index is 0.156. The smallest absolute Gasteiger partial charge is 0.308 e. The number of aromatic nitrogens is 2. The molecule has 8 heteroatoms. The van der Waals surface area contributed by atoms with Crippen molar-refractivity contribution in [2.24, 2.45) is 0 Å². The van der Waals surface area contributed by atoms with Crippen LogP contribution in [0.4, 0.5) is 17.3 Å². The maximum absolute atomic E-state index is 12.4. The van der Waals surface area contributed by atoms with Gasteiger partial charge in [-0.25, -0.2) is 9.97 Å². The van der Waals surface area contributed by atoms with Crippen LogP contribution in [0.15, 0.2) is 48.5 Å². The highest BCUT2D eigenvalue weighted by atomic mass is 16.5. The van der Waals surface area contributed by atoms with Crippen molar-refractivity contribution in [2.45, 2.75) is 19.8 Å². The number of hydrogen-bond acceptors (Lipinski definition) is 6. The first kappa shape index (κ1) is 23.7. The minimum atomic E-state index is -0.930. The maximum atomic E-state index is 12.4. The van der Waals surface area contributed by atoms with Gasteiger partial charge in [-0.1, -0.05) is 29.8 Å². The Bertz CT molecular complexity index is 1110. The van der Waals surface area contributed by atoms with Gasteiger partial charge in [0.25, 0.3) is 5.91 Å². The molecule has 1 aromatic heterocycles. The van der Waals surface area contributed by atoms with E-state index in [4.69, 9.17) is 0 Å². The van der Waals surface area contributed by atoms with Crippen molar-refractivity contribution in [1.29, 1.82) is 0 Å². The molecule has 0 atom stereocenters. The van der Waals surface area contributed by atoms with Gasteiger partial charge in [-0.3, -0.25) is 9.59 Å². The molecule has 0 radical (unpaired) electrons. The van der Waals surface area contributed by atoms with Crippen LogP contribution in [0.2, 0.25) is 0 Å². The monoisotopic (exact) mass is 454 g/mol. The van der Waals surface area contributed by atoms with E-state index in [9.17, 15) is 14.7 Å². The fourth-order valence-corrected chi connectivity index (χ4v) is 3.43. The molecule has 2 N–H and O–H groups in total. The Labute approximate surface area is 193 Å². The van der Waals surface area contributed by atoms with Crippen LogP contribution in [-0.2, 0) is 17.6 Å². The zero-order chi connectivity index (χ0) is 24.1. The number of anilines is 3. The SMILES string of the molecule is Cc1ccc([13C](=O)Nc2ccc(Cc3nc(N([13CH3])[13CH3])c([13CH2][13C](=O)O)c(N([13CH3])[13CH3])n3)cc2)cc1. The van der Waals surface area contributed by atoms with Crippen molar-refractivity contribution in [3.8, 4) is 0 Å². The van der Waals surface area contributed by atoms with Crippen LogP contribution in [0.25, 0.3) is 0 Å². The van der Waals surface area contributed by atoms with Gasteiger partial charge >= 0.3 is 5.97 Å². The number of carboxylic acid groups (broad SMARTS) is 1. The Balaban J connectivity index is 1.80. The van der Waals surface area contributed by atoms with Crippen molar-refractivity contribution < 1.29 is 14.7 Å². The Morgan fingerprint density at radius 3 is 1.91 bits per heavy atom. The standard InChI is InChI=1S/C25H29N5O3/c1-16-6-10-18(11-7-16)25(33)26-19-12-8-17(9-13-19)14-21-27-23(29(2)3)20(15-22(31)32)24(28-21)30(4)5/h6-13H,14-15H2,1-5H3,(H,26,33)(H,31,32)/i2+1,3+1,4+1,5+1,15+1,22+1,25+1. The van der Waals surface area contributed by atoms with Crippen LogP contribution in [0.5, 0.6) is 0 Å². The Morgan fingerprint density at radius 2 is 1.42 bits per heavy atom. The fraction of sp³-hybridized carbons (Fsp3) is 0.280. The van der Waals surface area contributed by atoms with Gasteiger partial charge in [-0.2, -0.15) is 0 Å². The second-order valence-electron chi connectivity index (χ2n) is 8.32. The summed E-state index contributed by atoms with van der Waals surface area (Å²) in [7, 11) is 7.34. The number of carbonyl (C=O) groups is 2. The molecule has 0 saturated heterocycles. The summed E-state index contributed by atoms with van der Waals surface area (Å²) in [5, 5.41) is 12.2. The molecule has 0 unspecified atom stereocenters. The van der Waals surface area contributed by atoms with Gasteiger partial charge in [0.1, 0.15) is 17.5 Å². The first-order valence-electron chi connectivity index (χ1n) is 10.6. The molecule has 1 heterocycles. The number of aliphatic carboxylic acids is 1. The topological polar surface area (TPSA) is 98.7 Å². The summed E-state index contributed by atoms with van der Waals surface area (Å²) in [6, 6.07) is 14.9. The maximum Gasteiger partial charge on any atom is 0.308 e. The summed E-state index contributed by atoms with van der Waals surface area (Å²) in [5.74, 6) is 0.682. The fourth-order valence-electron chi connectivity index (χ4n) is 3.43. The van der Waals surface area contributed by atoms with Crippen molar-refractivity contribution in [3.63, 3.8) is 0 Å². The average Bonchev–Trinajstić information content (AvgIpc) is 2.75. The third kappa shape index (κ3) is 6.06. The largest absolute Gasteiger partial charge is 0.481 e. The minimum Gasteiger partial charge on any atom is -0.481 e. The molecular formula is C25H29N5O3. The first-order chi connectivity index (χ1) is 15.6. The van der Waals surface area contributed by atoms with E-state index in [0.717, 1.165) is 11.1 Å². The molecule has 172 valence electrons. The van der Waals surface area contributed by atoms with Crippen LogP contribution >= 0.6 is 0 Å². The van der Waals surface area contributed by atoms with Crippen molar-refractivity contribution >= 4 is 29.2 Å². The van der Waals surface area contributed by atoms with E-state index in [2.05, 4.69) is 15.3 Å². The third-order valence-corrected chi connectivity index (χ3v) is 5.07. The number of nitrogens with one attached hydrogen (secondary N) is 1. The lowest BCUT2D eigenvalue weighted by Crippen LogP contribution is -2.22. The predicted molar refractivity (Wildman–Crippen MR) is 130 cm³/mol. The summed E-state index contributed by atoms with van der Waals surface area (Å²) in [5.41, 5.74) is 3.96. The molecule has 3 rings (SSSR count). The van der Waals surface area contributed by atoms with Gasteiger partial charge in [-0.05, 0) is 36.8 Å². The number of hydrogen-bond donors (Lipinski definition) is 2. The van der Waals surface area contributed by atoms with Crippen molar-refractivity contribution in [3.05, 3.63) is 76.6 Å². The van der Waals surface area contributed by atoms with E-state index in [1.54, 1.807) is 21.9 Å². The lowest BCUT2D eigenvalue weighted by Gasteiger charge is -2.22. The summed E-state index contributed by atoms with van der Waals surface area (Å²) >= 11 is 0. The summed E-state index contributed by atoms with van der Waals surface area (Å²) in [6.45, 7) is 1.98. The number of carboxylic acids is 1. The molecule has 0 saturated carbocycles. The lowest BCUT2D eigenvalue weighted by atomic mass is 10.1. The van der Waals surface area contributed by atoms with E-state index in [-0.39, 0.29) is 12.3 Å². The van der Waals surface area contributed by atoms with E-state index in [1.165, 1.54) is 0 Å². The third-order valence-electron chi connectivity index (χ3n) is 5.07. The molecule has 0 aliphatic rings. The molecule has 0 bridgehead atoms. The summed E-state index contributed by atoms with van der Waals surface area (Å²) < 4.78 is 0. The van der Waals surface area contributed by atoms with Gasteiger partial charge < -0.3 is 20.2 Å². The molecule has 0 aliphatic carbocycles. The number of amides is 1. The lowest BCUT2D eigenvalue weighted by molar-refractivity contribution is -0.136. The number of carbonyl (C=O) groups excluding carboxylic acids is 1. The van der Waals surface area contributed by atoms with E-state index in [1.807, 2.05) is 71.5 Å². The number of aryl methyl sites for hydroxylation is 1. The molecule has 2 aromatic carbocycles. The molecule has 8 nitrogen and oxygen atoms in total. The van der Waals surface area contributed by atoms with E-state index < -0.39 is 5.97 Å². The summed E-state index contributed by atoms with van der Waals surface area (Å²) in [4.78, 5) is 36.7. The van der Waals surface area contributed by atoms with Crippen LogP contribution in [0, 0.1) is 6.92 Å². The quantitative estimate of drug-likeness (QED) is 0.504. The molecule has 33 heavy (non-hydrogen) atoms. The molecular weight excluding hydrogens is 425 g/mol. The molecule has 0 spiro atoms. The number of benzene rings is 2. The van der Waals surface area contributed by atoms with Gasteiger partial charge in [0.05, 0.1) is 6.42 Å². The van der Waals surface area contributed by atoms with Gasteiger partial charge in [0.15, 0.2) is 0 Å². The van der Waals surface area contributed by atoms with Crippen molar-refractivity contribution in [2.75, 3.05) is 43.3 Å². The van der Waals surface area contributed by atoms with Gasteiger partial charge in [0.2, 0.25) is 0 Å². The van der Waals surface area contributed by atoms with Crippen LogP contribution in [0.1, 0.15) is 32.9 Å². The number of nitrogens with zero attached hydrogens (tertiary/aromatic N) is 4. The second kappa shape index (κ2) is 10.1. The average molecular weight is 454 g/mol. The Hall–Kier alpha value is -3.94. The van der Waals surface area contributed by atoms with Crippen molar-refractivity contribution in [1.82, 2.24) is 9.97 Å². The van der Waals surface area contributed by atoms with Crippen LogP contribution < -0.4 is 15.1 Å². The number of rotatable bonds is 8. The highest BCUT2D eigenvalue weighted by Crippen LogP contribution is 2.27. The van der Waals surface area contributed by atoms with Crippen LogP contribution in [-0.4, -0.2) is 55.1 Å². The molecule has 0 aliphatic heterocycles. The van der Waals surface area contributed by atoms with E-state index in [0.29, 0.717) is 40.7 Å². The van der Waals surface area contributed by atoms with E-state index >= 15 is 0 Å². The van der Waals surface area contributed by atoms with Crippen LogP contribution in [0.3, 0.4) is 0 Å². The summed E-state index contributed by atoms with van der Waals surface area (Å²) in [6.07, 6.45) is 0.317. The highest BCUT2D eigenvalue weighted by molar-refractivity contribution is 6.04. The molecule has 0 fully saturated rings. The first-order valence-corrected chi connectivity index (χ1v) is 10.6. The van der Waals surface area contributed by atoms with Gasteiger partial charge in [-0.15, -0.1) is 0 Å². The van der Waals surface area contributed by atoms with Gasteiger partial charge in [0, 0.05) is 51.4 Å². The molecule has 3 aromatic rings. The second-order valence-corrected chi connectivity index (χ2v) is 8.32. The Kier molecular flexibility index (Phi) is 7.27. The highest BCUT2D eigenvalue weighted by Gasteiger charge is 2.20. The predicted octanol–water partition coefficient (Wildman–Crippen LogP) is 3.39. The Morgan fingerprint density at radius 1 is 0.879 bits per heavy atom. The zero-order valence-corrected chi connectivity index (χ0v) is 19.6. The molecule has 1 amide bonds.